The van der Waals surface area contributed by atoms with E-state index in [0.717, 1.165) is 17.6 Å². The second-order valence-corrected chi connectivity index (χ2v) is 7.33. The minimum absolute atomic E-state index is 1.02. The largest absolute Gasteiger partial charge is 0.349 e. The molecular weight excluding hydrogens is 348 g/mol. The molecule has 0 bridgehead atoms. The number of aromatic nitrogens is 2. The summed E-state index contributed by atoms with van der Waals surface area (Å²) in [6, 6.07) is 13.4. The predicted molar refractivity (Wildman–Crippen MR) is 100 cm³/mol. The summed E-state index contributed by atoms with van der Waals surface area (Å²) in [4.78, 5) is 3.49. The molecule has 0 fully saturated rings. The molecule has 0 atom stereocenters. The molecule has 4 aromatic rings. The number of hydrogen-bond donors (Lipinski definition) is 1. The quantitative estimate of drug-likeness (QED) is 0.411. The van der Waals surface area contributed by atoms with E-state index in [1.807, 2.05) is 0 Å². The highest BCUT2D eigenvalue weighted by atomic mass is 79.9. The van der Waals surface area contributed by atoms with Crippen LogP contribution in [-0.2, 0) is 13.0 Å². The third-order valence-electron chi connectivity index (χ3n) is 5.19. The van der Waals surface area contributed by atoms with Crippen molar-refractivity contribution in [3.8, 4) is 11.3 Å². The van der Waals surface area contributed by atoms with Crippen LogP contribution in [0.3, 0.4) is 0 Å². The van der Waals surface area contributed by atoms with Crippen LogP contribution < -0.4 is 0 Å². The Morgan fingerprint density at radius 1 is 1.13 bits per heavy atom. The molecule has 0 saturated heterocycles. The van der Waals surface area contributed by atoms with E-state index >= 15 is 0 Å². The average Bonchev–Trinajstić information content (AvgIpc) is 2.91. The number of H-pyrrole nitrogens is 1. The lowest BCUT2D eigenvalue weighted by Crippen LogP contribution is -2.01. The maximum Gasteiger partial charge on any atom is 0.0864 e. The van der Waals surface area contributed by atoms with Crippen molar-refractivity contribution < 1.29 is 0 Å². The highest BCUT2D eigenvalue weighted by Gasteiger charge is 2.24. The highest BCUT2D eigenvalue weighted by Crippen LogP contribution is 2.42. The topological polar surface area (TPSA) is 20.7 Å². The maximum atomic E-state index is 3.72. The Hall–Kier alpha value is -2.00. The highest BCUT2D eigenvalue weighted by molar-refractivity contribution is 9.10. The molecule has 1 aliphatic rings. The van der Waals surface area contributed by atoms with Crippen molar-refractivity contribution in [3.63, 3.8) is 0 Å². The summed E-state index contributed by atoms with van der Waals surface area (Å²) in [5.74, 6) is 0. The van der Waals surface area contributed by atoms with Crippen molar-refractivity contribution in [2.45, 2.75) is 26.8 Å². The first-order valence-corrected chi connectivity index (χ1v) is 8.83. The van der Waals surface area contributed by atoms with E-state index in [1.165, 1.54) is 49.8 Å². The first-order valence-electron chi connectivity index (χ1n) is 8.04. The van der Waals surface area contributed by atoms with E-state index in [0.29, 0.717) is 0 Å². The molecule has 2 aromatic carbocycles. The lowest BCUT2D eigenvalue weighted by atomic mass is 10.0. The normalized spacial score (nSPS) is 13.5. The number of hydrogen-bond acceptors (Lipinski definition) is 0. The van der Waals surface area contributed by atoms with Gasteiger partial charge in [-0.05, 0) is 65.0 Å². The second-order valence-electron chi connectivity index (χ2n) is 6.54. The smallest absolute Gasteiger partial charge is 0.0864 e. The molecule has 3 heterocycles. The van der Waals surface area contributed by atoms with Gasteiger partial charge in [-0.2, -0.15) is 0 Å². The summed E-state index contributed by atoms with van der Waals surface area (Å²) >= 11 is 3.72. The Balaban J connectivity index is 1.98. The van der Waals surface area contributed by atoms with E-state index < -0.39 is 0 Å². The number of fused-ring (bicyclic) bond motifs is 4. The molecule has 2 aromatic heterocycles. The molecule has 23 heavy (non-hydrogen) atoms. The van der Waals surface area contributed by atoms with Crippen LogP contribution in [0.25, 0.3) is 33.1 Å². The van der Waals surface area contributed by atoms with Gasteiger partial charge in [0.05, 0.1) is 10.3 Å². The summed E-state index contributed by atoms with van der Waals surface area (Å²) < 4.78 is 3.64. The van der Waals surface area contributed by atoms with E-state index in [9.17, 15) is 0 Å². The van der Waals surface area contributed by atoms with Gasteiger partial charge < -0.3 is 9.55 Å². The van der Waals surface area contributed by atoms with Crippen LogP contribution in [0.5, 0.6) is 0 Å². The fourth-order valence-corrected chi connectivity index (χ4v) is 4.76. The number of benzene rings is 2. The van der Waals surface area contributed by atoms with Gasteiger partial charge >= 0.3 is 0 Å². The zero-order valence-electron chi connectivity index (χ0n) is 13.2. The Kier molecular flexibility index (Phi) is 2.64. The van der Waals surface area contributed by atoms with Gasteiger partial charge in [0.25, 0.3) is 0 Å². The molecule has 2 nitrogen and oxygen atoms in total. The second kappa shape index (κ2) is 4.51. The molecule has 0 aliphatic carbocycles. The van der Waals surface area contributed by atoms with Gasteiger partial charge in [0.1, 0.15) is 0 Å². The number of halogens is 1. The van der Waals surface area contributed by atoms with Gasteiger partial charge in [-0.1, -0.05) is 24.3 Å². The minimum Gasteiger partial charge on any atom is -0.349 e. The van der Waals surface area contributed by atoms with Crippen molar-refractivity contribution in [1.29, 1.82) is 0 Å². The van der Waals surface area contributed by atoms with Gasteiger partial charge in [-0.15, -0.1) is 0 Å². The molecular formula is C20H17BrN2. The van der Waals surface area contributed by atoms with E-state index in [-0.39, 0.29) is 0 Å². The van der Waals surface area contributed by atoms with Gasteiger partial charge in [0, 0.05) is 33.9 Å². The van der Waals surface area contributed by atoms with Crippen LogP contribution in [0.4, 0.5) is 0 Å². The van der Waals surface area contributed by atoms with Gasteiger partial charge in [-0.25, -0.2) is 0 Å². The Labute approximate surface area is 143 Å². The zero-order chi connectivity index (χ0) is 15.7. The molecule has 0 unspecified atom stereocenters. The van der Waals surface area contributed by atoms with Crippen molar-refractivity contribution in [2.75, 3.05) is 0 Å². The Morgan fingerprint density at radius 2 is 2.00 bits per heavy atom. The van der Waals surface area contributed by atoms with E-state index in [4.69, 9.17) is 0 Å². The van der Waals surface area contributed by atoms with Crippen LogP contribution >= 0.6 is 15.9 Å². The first kappa shape index (κ1) is 13.4. The molecule has 114 valence electrons. The summed E-state index contributed by atoms with van der Waals surface area (Å²) in [6.07, 6.45) is 1.04. The molecule has 0 amide bonds. The SMILES string of the molecule is Cc1ccc2c(C)c3n(c2c1)CCc1c(Br)[nH]c2cccc-3c12. The number of nitrogens with zero attached hydrogens (tertiary/aromatic N) is 1. The van der Waals surface area contributed by atoms with Gasteiger partial charge in [0.2, 0.25) is 0 Å². The zero-order valence-corrected chi connectivity index (χ0v) is 14.8. The van der Waals surface area contributed by atoms with Gasteiger partial charge in [-0.3, -0.25) is 0 Å². The van der Waals surface area contributed by atoms with E-state index in [2.05, 4.69) is 75.7 Å². The fraction of sp³-hybridized carbons (Fsp3) is 0.200. The van der Waals surface area contributed by atoms with Crippen LogP contribution in [0, 0.1) is 13.8 Å². The molecule has 1 N–H and O–H groups in total. The Morgan fingerprint density at radius 3 is 2.87 bits per heavy atom. The molecule has 0 saturated carbocycles. The summed E-state index contributed by atoms with van der Waals surface area (Å²) in [5, 5.41) is 2.75. The van der Waals surface area contributed by atoms with Crippen LogP contribution in [-0.4, -0.2) is 9.55 Å². The van der Waals surface area contributed by atoms with Crippen molar-refractivity contribution in [3.05, 3.63) is 57.7 Å². The summed E-state index contributed by atoms with van der Waals surface area (Å²) in [6.45, 7) is 5.45. The number of nitrogens with one attached hydrogen (secondary N) is 1. The minimum atomic E-state index is 1.02. The molecule has 3 heteroatoms. The molecule has 5 rings (SSSR count). The molecule has 1 aliphatic heterocycles. The monoisotopic (exact) mass is 364 g/mol. The summed E-state index contributed by atoms with van der Waals surface area (Å²) in [5.41, 5.74) is 9.42. The van der Waals surface area contributed by atoms with E-state index in [1.54, 1.807) is 0 Å². The molecule has 0 radical (unpaired) electrons. The standard InChI is InChI=1S/C20H17BrN2/c1-11-6-7-13-12(2)19-14-4-3-5-16-18(14)15(20(21)22-16)8-9-23(19)17(13)10-11/h3-7,10,22H,8-9H2,1-2H3. The first-order chi connectivity index (χ1) is 11.1. The lowest BCUT2D eigenvalue weighted by Gasteiger charge is -2.09. The third-order valence-corrected chi connectivity index (χ3v) is 5.87. The average molecular weight is 365 g/mol. The summed E-state index contributed by atoms with van der Waals surface area (Å²) in [7, 11) is 0. The molecule has 0 spiro atoms. The fourth-order valence-electron chi connectivity index (χ4n) is 4.15. The van der Waals surface area contributed by atoms with Crippen LogP contribution in [0.15, 0.2) is 41.0 Å². The maximum absolute atomic E-state index is 3.72. The third kappa shape index (κ3) is 1.69. The van der Waals surface area contributed by atoms with Crippen molar-refractivity contribution in [2.24, 2.45) is 0 Å². The number of aryl methyl sites for hydroxylation is 4. The van der Waals surface area contributed by atoms with Crippen LogP contribution in [0.2, 0.25) is 0 Å². The number of aromatic amines is 1. The van der Waals surface area contributed by atoms with Crippen LogP contribution in [0.1, 0.15) is 16.7 Å². The lowest BCUT2D eigenvalue weighted by molar-refractivity contribution is 0.734. The van der Waals surface area contributed by atoms with Crippen molar-refractivity contribution >= 4 is 37.7 Å². The number of rotatable bonds is 0. The van der Waals surface area contributed by atoms with Gasteiger partial charge in [0.15, 0.2) is 0 Å². The Bertz CT molecular complexity index is 1100. The predicted octanol–water partition coefficient (Wildman–Crippen LogP) is 5.73. The van der Waals surface area contributed by atoms with Crippen molar-refractivity contribution in [1.82, 2.24) is 9.55 Å².